The minimum atomic E-state index is -0.493. The minimum Gasteiger partial charge on any atom is -0.390 e. The molecule has 5 rings (SSSR count). The SMILES string of the molecule is Cc1ccc2[nH]cc(CCNC[C@@H](O)CN3C=C(/C=C/C(=O)c4ccccc4)C4=CC=CC[C@H]43)c2c1. The van der Waals surface area contributed by atoms with Crippen LogP contribution in [-0.4, -0.2) is 52.6 Å². The summed E-state index contributed by atoms with van der Waals surface area (Å²) in [7, 11) is 0. The molecule has 0 bridgehead atoms. The summed E-state index contributed by atoms with van der Waals surface area (Å²) in [6.07, 6.45) is 15.4. The van der Waals surface area contributed by atoms with Gasteiger partial charge in [-0.25, -0.2) is 0 Å². The number of nitrogens with zero attached hydrogens (tertiary/aromatic N) is 1. The number of aliphatic hydroxyl groups excluding tert-OH is 1. The number of aromatic nitrogens is 1. The molecule has 2 aliphatic rings. The molecule has 0 saturated heterocycles. The van der Waals surface area contributed by atoms with Crippen LogP contribution in [0, 0.1) is 6.92 Å². The van der Waals surface area contributed by atoms with Crippen molar-refractivity contribution in [3.63, 3.8) is 0 Å². The van der Waals surface area contributed by atoms with Gasteiger partial charge in [-0.3, -0.25) is 4.79 Å². The van der Waals surface area contributed by atoms with Crippen molar-refractivity contribution in [2.24, 2.45) is 0 Å². The molecule has 0 spiro atoms. The van der Waals surface area contributed by atoms with E-state index in [4.69, 9.17) is 0 Å². The maximum absolute atomic E-state index is 12.5. The molecule has 36 heavy (non-hydrogen) atoms. The minimum absolute atomic E-state index is 0.00644. The molecule has 0 fully saturated rings. The maximum atomic E-state index is 12.5. The van der Waals surface area contributed by atoms with Crippen LogP contribution in [0.15, 0.2) is 102 Å². The highest BCUT2D eigenvalue weighted by Gasteiger charge is 2.30. The molecule has 5 heteroatoms. The van der Waals surface area contributed by atoms with Crippen molar-refractivity contribution in [1.82, 2.24) is 15.2 Å². The number of benzene rings is 2. The second-order valence-electron chi connectivity index (χ2n) is 9.62. The van der Waals surface area contributed by atoms with Crippen LogP contribution in [0.2, 0.25) is 0 Å². The number of allylic oxidation sites excluding steroid dienone is 4. The zero-order chi connectivity index (χ0) is 24.9. The quantitative estimate of drug-likeness (QED) is 0.221. The summed E-state index contributed by atoms with van der Waals surface area (Å²) in [5, 5.41) is 15.5. The second kappa shape index (κ2) is 10.9. The monoisotopic (exact) mass is 479 g/mol. The lowest BCUT2D eigenvalue weighted by Gasteiger charge is -2.29. The first-order valence-electron chi connectivity index (χ1n) is 12.7. The van der Waals surface area contributed by atoms with Crippen molar-refractivity contribution < 1.29 is 9.90 Å². The van der Waals surface area contributed by atoms with Gasteiger partial charge in [0.1, 0.15) is 0 Å². The molecular formula is C31H33N3O2. The molecule has 1 aliphatic heterocycles. The van der Waals surface area contributed by atoms with E-state index in [-0.39, 0.29) is 11.8 Å². The number of nitrogens with one attached hydrogen (secondary N) is 2. The van der Waals surface area contributed by atoms with Crippen molar-refractivity contribution in [1.29, 1.82) is 0 Å². The summed E-state index contributed by atoms with van der Waals surface area (Å²) in [6, 6.07) is 16.0. The molecule has 0 unspecified atom stereocenters. The average molecular weight is 480 g/mol. The van der Waals surface area contributed by atoms with Crippen LogP contribution in [0.3, 0.4) is 0 Å². The Morgan fingerprint density at radius 2 is 2.11 bits per heavy atom. The Hall–Kier alpha value is -3.67. The summed E-state index contributed by atoms with van der Waals surface area (Å²) >= 11 is 0. The summed E-state index contributed by atoms with van der Waals surface area (Å²) < 4.78 is 0. The zero-order valence-corrected chi connectivity index (χ0v) is 20.7. The third kappa shape index (κ3) is 5.43. The molecule has 1 aliphatic carbocycles. The number of hydrogen-bond acceptors (Lipinski definition) is 4. The van der Waals surface area contributed by atoms with Gasteiger partial charge in [0.15, 0.2) is 5.78 Å². The number of ketones is 1. The number of aliphatic hydroxyl groups is 1. The molecule has 0 amide bonds. The number of carbonyl (C=O) groups excluding carboxylic acids is 1. The summed E-state index contributed by atoms with van der Waals surface area (Å²) in [4.78, 5) is 18.1. The van der Waals surface area contributed by atoms with Gasteiger partial charge < -0.3 is 20.3 Å². The van der Waals surface area contributed by atoms with Gasteiger partial charge in [0.2, 0.25) is 0 Å². The first-order valence-corrected chi connectivity index (χ1v) is 12.7. The van der Waals surface area contributed by atoms with Crippen molar-refractivity contribution in [3.05, 3.63) is 119 Å². The lowest BCUT2D eigenvalue weighted by atomic mass is 9.95. The number of carbonyl (C=O) groups is 1. The Balaban J connectivity index is 1.16. The van der Waals surface area contributed by atoms with Crippen LogP contribution in [0.5, 0.6) is 0 Å². The Labute approximate surface area is 212 Å². The number of hydrogen-bond donors (Lipinski definition) is 3. The topological polar surface area (TPSA) is 68.4 Å². The van der Waals surface area contributed by atoms with Crippen LogP contribution in [0.25, 0.3) is 10.9 Å². The highest BCUT2D eigenvalue weighted by atomic mass is 16.3. The molecule has 5 nitrogen and oxygen atoms in total. The predicted octanol–water partition coefficient (Wildman–Crippen LogP) is 4.86. The molecule has 1 aromatic heterocycles. The maximum Gasteiger partial charge on any atom is 0.185 e. The molecule has 3 N–H and O–H groups in total. The smallest absolute Gasteiger partial charge is 0.185 e. The molecular weight excluding hydrogens is 446 g/mol. The van der Waals surface area contributed by atoms with Crippen LogP contribution in [0.1, 0.15) is 27.9 Å². The van der Waals surface area contributed by atoms with Gasteiger partial charge in [-0.15, -0.1) is 0 Å². The van der Waals surface area contributed by atoms with Gasteiger partial charge in [0, 0.05) is 42.0 Å². The Morgan fingerprint density at radius 3 is 2.97 bits per heavy atom. The third-order valence-corrected chi connectivity index (χ3v) is 6.94. The number of H-pyrrole nitrogens is 1. The average Bonchev–Trinajstić information content (AvgIpc) is 3.46. The second-order valence-corrected chi connectivity index (χ2v) is 9.62. The number of rotatable bonds is 10. The molecule has 2 heterocycles. The van der Waals surface area contributed by atoms with E-state index < -0.39 is 6.10 Å². The zero-order valence-electron chi connectivity index (χ0n) is 20.7. The fourth-order valence-corrected chi connectivity index (χ4v) is 5.05. The number of aryl methyl sites for hydroxylation is 1. The van der Waals surface area contributed by atoms with E-state index in [9.17, 15) is 9.90 Å². The third-order valence-electron chi connectivity index (χ3n) is 6.94. The van der Waals surface area contributed by atoms with Crippen LogP contribution < -0.4 is 5.32 Å². The number of fused-ring (bicyclic) bond motifs is 2. The normalized spacial score (nSPS) is 17.9. The summed E-state index contributed by atoms with van der Waals surface area (Å²) in [5.74, 6) is -0.00644. The van der Waals surface area contributed by atoms with E-state index in [1.165, 1.54) is 22.1 Å². The summed E-state index contributed by atoms with van der Waals surface area (Å²) in [6.45, 7) is 3.99. The van der Waals surface area contributed by atoms with Crippen molar-refractivity contribution in [2.75, 3.05) is 19.6 Å². The summed E-state index contributed by atoms with van der Waals surface area (Å²) in [5.41, 5.74) is 6.63. The highest BCUT2D eigenvalue weighted by molar-refractivity contribution is 6.04. The van der Waals surface area contributed by atoms with E-state index in [2.05, 4.69) is 70.9 Å². The number of aromatic amines is 1. The van der Waals surface area contributed by atoms with Gasteiger partial charge in [-0.2, -0.15) is 0 Å². The van der Waals surface area contributed by atoms with Gasteiger partial charge in [-0.05, 0) is 67.3 Å². The van der Waals surface area contributed by atoms with Crippen LogP contribution >= 0.6 is 0 Å². The fraction of sp³-hybridized carbons (Fsp3) is 0.258. The molecule has 0 radical (unpaired) electrons. The van der Waals surface area contributed by atoms with E-state index in [1.807, 2.05) is 36.4 Å². The molecule has 3 aromatic rings. The standard InChI is InChI=1S/C31H33N3O2/c1-22-11-13-29-28(17-22)24(18-33-29)15-16-32-19-26(35)21-34-20-25(27-9-5-6-10-30(27)34)12-14-31(36)23-7-3-2-4-8-23/h2-9,11-14,17-18,20,26,30,32-33,35H,10,15-16,19,21H2,1H3/b14-12+/t26-,30-/m1/s1. The van der Waals surface area contributed by atoms with Crippen molar-refractivity contribution in [2.45, 2.75) is 31.9 Å². The van der Waals surface area contributed by atoms with Gasteiger partial charge in [-0.1, -0.05) is 60.2 Å². The Kier molecular flexibility index (Phi) is 7.31. The van der Waals surface area contributed by atoms with E-state index in [1.54, 1.807) is 6.08 Å². The molecule has 2 atom stereocenters. The fourth-order valence-electron chi connectivity index (χ4n) is 5.05. The first kappa shape index (κ1) is 24.0. The highest BCUT2D eigenvalue weighted by Crippen LogP contribution is 2.33. The van der Waals surface area contributed by atoms with E-state index >= 15 is 0 Å². The predicted molar refractivity (Wildman–Crippen MR) is 146 cm³/mol. The van der Waals surface area contributed by atoms with Crippen LogP contribution in [0.4, 0.5) is 0 Å². The van der Waals surface area contributed by atoms with Crippen molar-refractivity contribution in [3.8, 4) is 0 Å². The molecule has 184 valence electrons. The van der Waals surface area contributed by atoms with E-state index in [0.717, 1.165) is 30.5 Å². The largest absolute Gasteiger partial charge is 0.390 e. The lowest BCUT2D eigenvalue weighted by Crippen LogP contribution is -2.40. The number of β-amino-alcohol motifs (C(OH)–C–C–N with tert-alkyl or cyclic N) is 1. The Bertz CT molecular complexity index is 1350. The first-order chi connectivity index (χ1) is 17.6. The van der Waals surface area contributed by atoms with Gasteiger partial charge >= 0.3 is 0 Å². The van der Waals surface area contributed by atoms with Crippen LogP contribution in [-0.2, 0) is 6.42 Å². The molecule has 0 saturated carbocycles. The van der Waals surface area contributed by atoms with Gasteiger partial charge in [0.05, 0.1) is 12.1 Å². The Morgan fingerprint density at radius 1 is 1.25 bits per heavy atom. The van der Waals surface area contributed by atoms with Gasteiger partial charge in [0.25, 0.3) is 0 Å². The van der Waals surface area contributed by atoms with E-state index in [0.29, 0.717) is 18.7 Å². The lowest BCUT2D eigenvalue weighted by molar-refractivity contribution is 0.104. The molecule has 2 aromatic carbocycles. The van der Waals surface area contributed by atoms with Crippen molar-refractivity contribution >= 4 is 16.7 Å².